The second-order valence-electron chi connectivity index (χ2n) is 5.21. The van der Waals surface area contributed by atoms with Crippen molar-refractivity contribution in [3.05, 3.63) is 18.0 Å². The first-order chi connectivity index (χ1) is 9.60. The van der Waals surface area contributed by atoms with E-state index in [-0.39, 0.29) is 18.7 Å². The molecule has 0 radical (unpaired) electrons. The first-order valence-corrected chi connectivity index (χ1v) is 7.03. The third-order valence-corrected chi connectivity index (χ3v) is 3.33. The van der Waals surface area contributed by atoms with E-state index in [1.165, 1.54) is 0 Å². The number of hydrogen-bond acceptors (Lipinski definition) is 5. The molecule has 6 nitrogen and oxygen atoms in total. The minimum absolute atomic E-state index is 0.0513. The summed E-state index contributed by atoms with van der Waals surface area (Å²) >= 11 is 0. The van der Waals surface area contributed by atoms with Crippen molar-refractivity contribution < 1.29 is 14.3 Å². The molecule has 0 aliphatic carbocycles. The van der Waals surface area contributed by atoms with E-state index >= 15 is 0 Å². The van der Waals surface area contributed by atoms with Crippen LogP contribution in [-0.2, 0) is 16.0 Å². The molecule has 6 heteroatoms. The van der Waals surface area contributed by atoms with Crippen LogP contribution in [0.1, 0.15) is 23.8 Å². The number of ether oxygens (including phenoxy) is 2. The van der Waals surface area contributed by atoms with Crippen molar-refractivity contribution in [2.45, 2.75) is 26.0 Å². The van der Waals surface area contributed by atoms with E-state index in [1.807, 2.05) is 11.6 Å². The van der Waals surface area contributed by atoms with Gasteiger partial charge in [-0.3, -0.25) is 0 Å². The quantitative estimate of drug-likeness (QED) is 0.814. The van der Waals surface area contributed by atoms with Gasteiger partial charge in [0.2, 0.25) is 0 Å². The van der Waals surface area contributed by atoms with Gasteiger partial charge in [-0.1, -0.05) is 6.92 Å². The molecule has 0 saturated carbocycles. The van der Waals surface area contributed by atoms with Gasteiger partial charge in [0.1, 0.15) is 18.4 Å². The lowest BCUT2D eigenvalue weighted by Gasteiger charge is -2.29. The summed E-state index contributed by atoms with van der Waals surface area (Å²) in [5.41, 5.74) is 6.84. The standard InChI is InChI=1S/C14H23N3O3/c1-3-4-17-8-11(15)7-13(17)14(18)20-10-12-9-16(2)5-6-19-12/h7-8,12H,3-6,9-10,15H2,1-2H3. The van der Waals surface area contributed by atoms with Gasteiger partial charge in [0.25, 0.3) is 0 Å². The number of morpholine rings is 1. The maximum Gasteiger partial charge on any atom is 0.355 e. The van der Waals surface area contributed by atoms with E-state index < -0.39 is 0 Å². The van der Waals surface area contributed by atoms with Crippen LogP contribution in [0.3, 0.4) is 0 Å². The van der Waals surface area contributed by atoms with Gasteiger partial charge in [-0.15, -0.1) is 0 Å². The fourth-order valence-electron chi connectivity index (χ4n) is 2.34. The Morgan fingerprint density at radius 2 is 2.40 bits per heavy atom. The van der Waals surface area contributed by atoms with Crippen molar-refractivity contribution in [2.75, 3.05) is 39.1 Å². The van der Waals surface area contributed by atoms with Crippen LogP contribution >= 0.6 is 0 Å². The van der Waals surface area contributed by atoms with Gasteiger partial charge in [0.05, 0.1) is 12.3 Å². The van der Waals surface area contributed by atoms with Crippen LogP contribution in [-0.4, -0.2) is 54.9 Å². The first-order valence-electron chi connectivity index (χ1n) is 7.03. The number of aromatic nitrogens is 1. The first kappa shape index (κ1) is 14.9. The Labute approximate surface area is 119 Å². The lowest BCUT2D eigenvalue weighted by molar-refractivity contribution is -0.0530. The third kappa shape index (κ3) is 3.74. The molecule has 2 heterocycles. The summed E-state index contributed by atoms with van der Waals surface area (Å²) in [6.07, 6.45) is 2.65. The summed E-state index contributed by atoms with van der Waals surface area (Å²) in [5, 5.41) is 0. The number of rotatable bonds is 5. The Morgan fingerprint density at radius 1 is 1.60 bits per heavy atom. The molecule has 112 valence electrons. The number of esters is 1. The van der Waals surface area contributed by atoms with Gasteiger partial charge in [-0.2, -0.15) is 0 Å². The van der Waals surface area contributed by atoms with Crippen LogP contribution in [0, 0.1) is 0 Å². The monoisotopic (exact) mass is 281 g/mol. The van der Waals surface area contributed by atoms with Crippen molar-refractivity contribution >= 4 is 11.7 Å². The molecule has 0 amide bonds. The number of nitrogen functional groups attached to an aromatic ring is 1. The zero-order chi connectivity index (χ0) is 14.5. The normalized spacial score (nSPS) is 20.0. The largest absolute Gasteiger partial charge is 0.458 e. The number of carbonyl (C=O) groups excluding carboxylic acids is 1. The maximum atomic E-state index is 12.1. The summed E-state index contributed by atoms with van der Waals surface area (Å²) < 4.78 is 12.8. The fourth-order valence-corrected chi connectivity index (χ4v) is 2.34. The van der Waals surface area contributed by atoms with Crippen LogP contribution < -0.4 is 5.73 Å². The van der Waals surface area contributed by atoms with Gasteiger partial charge in [0.15, 0.2) is 0 Å². The Morgan fingerprint density at radius 3 is 3.10 bits per heavy atom. The number of aryl methyl sites for hydroxylation is 1. The number of anilines is 1. The zero-order valence-corrected chi connectivity index (χ0v) is 12.2. The van der Waals surface area contributed by atoms with Gasteiger partial charge in [-0.05, 0) is 19.5 Å². The van der Waals surface area contributed by atoms with E-state index in [1.54, 1.807) is 12.3 Å². The minimum atomic E-state index is -0.341. The SMILES string of the molecule is CCCn1cc(N)cc1C(=O)OCC1CN(C)CCO1. The number of likely N-dealkylation sites (N-methyl/N-ethyl adjacent to an activating group) is 1. The van der Waals surface area contributed by atoms with Crippen molar-refractivity contribution in [3.63, 3.8) is 0 Å². The van der Waals surface area contributed by atoms with E-state index in [9.17, 15) is 4.79 Å². The predicted octanol–water partition coefficient (Wildman–Crippen LogP) is 0.968. The second-order valence-corrected chi connectivity index (χ2v) is 5.21. The number of nitrogens with zero attached hydrogens (tertiary/aromatic N) is 2. The molecule has 1 aliphatic heterocycles. The number of nitrogens with two attached hydrogens (primary N) is 1. The maximum absolute atomic E-state index is 12.1. The van der Waals surface area contributed by atoms with Gasteiger partial charge in [0, 0.05) is 25.8 Å². The summed E-state index contributed by atoms with van der Waals surface area (Å²) in [6.45, 7) is 5.46. The molecule has 0 bridgehead atoms. The van der Waals surface area contributed by atoms with Gasteiger partial charge < -0.3 is 24.7 Å². The van der Waals surface area contributed by atoms with Crippen molar-refractivity contribution in [1.82, 2.24) is 9.47 Å². The van der Waals surface area contributed by atoms with Gasteiger partial charge >= 0.3 is 5.97 Å². The second kappa shape index (κ2) is 6.76. The third-order valence-electron chi connectivity index (χ3n) is 3.33. The summed E-state index contributed by atoms with van der Waals surface area (Å²) in [7, 11) is 2.03. The Kier molecular flexibility index (Phi) is 5.03. The summed E-state index contributed by atoms with van der Waals surface area (Å²) in [6, 6.07) is 1.66. The highest BCUT2D eigenvalue weighted by Crippen LogP contribution is 2.13. The Hall–Kier alpha value is -1.53. The molecule has 1 fully saturated rings. The van der Waals surface area contributed by atoms with Crippen LogP contribution in [0.15, 0.2) is 12.3 Å². The highest BCUT2D eigenvalue weighted by atomic mass is 16.6. The topological polar surface area (TPSA) is 69.7 Å². The van der Waals surface area contributed by atoms with E-state index in [0.717, 1.165) is 26.1 Å². The summed E-state index contributed by atoms with van der Waals surface area (Å²) in [5.74, 6) is -0.341. The molecule has 1 atom stereocenters. The molecule has 0 aromatic carbocycles. The molecular weight excluding hydrogens is 258 g/mol. The van der Waals surface area contributed by atoms with Gasteiger partial charge in [-0.25, -0.2) is 4.79 Å². The Bertz CT molecular complexity index is 459. The molecule has 1 unspecified atom stereocenters. The molecule has 1 saturated heterocycles. The van der Waals surface area contributed by atoms with E-state index in [0.29, 0.717) is 18.0 Å². The minimum Gasteiger partial charge on any atom is -0.458 e. The van der Waals surface area contributed by atoms with E-state index in [4.69, 9.17) is 15.2 Å². The lowest BCUT2D eigenvalue weighted by Crippen LogP contribution is -2.42. The molecule has 2 N–H and O–H groups in total. The molecule has 0 spiro atoms. The highest BCUT2D eigenvalue weighted by Gasteiger charge is 2.21. The van der Waals surface area contributed by atoms with Crippen molar-refractivity contribution in [1.29, 1.82) is 0 Å². The molecular formula is C14H23N3O3. The van der Waals surface area contributed by atoms with Crippen molar-refractivity contribution in [2.24, 2.45) is 0 Å². The smallest absolute Gasteiger partial charge is 0.355 e. The Balaban J connectivity index is 1.91. The molecule has 1 aliphatic rings. The number of carbonyl (C=O) groups is 1. The molecule has 1 aromatic rings. The average Bonchev–Trinajstić information content (AvgIpc) is 2.78. The number of hydrogen-bond donors (Lipinski definition) is 1. The van der Waals surface area contributed by atoms with Crippen LogP contribution in [0.4, 0.5) is 5.69 Å². The zero-order valence-electron chi connectivity index (χ0n) is 12.2. The molecule has 20 heavy (non-hydrogen) atoms. The van der Waals surface area contributed by atoms with E-state index in [2.05, 4.69) is 11.8 Å². The van der Waals surface area contributed by atoms with Crippen LogP contribution in [0.5, 0.6) is 0 Å². The molecule has 1 aromatic heterocycles. The molecule has 2 rings (SSSR count). The highest BCUT2D eigenvalue weighted by molar-refractivity contribution is 5.89. The predicted molar refractivity (Wildman–Crippen MR) is 76.7 cm³/mol. The summed E-state index contributed by atoms with van der Waals surface area (Å²) in [4.78, 5) is 14.3. The van der Waals surface area contributed by atoms with Crippen molar-refractivity contribution in [3.8, 4) is 0 Å². The fraction of sp³-hybridized carbons (Fsp3) is 0.643. The van der Waals surface area contributed by atoms with Crippen LogP contribution in [0.2, 0.25) is 0 Å². The lowest BCUT2D eigenvalue weighted by atomic mass is 10.3. The van der Waals surface area contributed by atoms with Crippen LogP contribution in [0.25, 0.3) is 0 Å². The average molecular weight is 281 g/mol.